The summed E-state index contributed by atoms with van der Waals surface area (Å²) in [7, 11) is -3.66. The number of nitrogen functional groups attached to an aromatic ring is 1. The number of aliphatic hydroxyl groups excluding tert-OH is 1. The smallest absolute Gasteiger partial charge is 0.245 e. The Labute approximate surface area is 105 Å². The van der Waals surface area contributed by atoms with Gasteiger partial charge >= 0.3 is 0 Å². The van der Waals surface area contributed by atoms with Gasteiger partial charge in [-0.25, -0.2) is 13.4 Å². The predicted molar refractivity (Wildman–Crippen MR) is 64.2 cm³/mol. The molecule has 1 unspecified atom stereocenters. The third kappa shape index (κ3) is 2.46. The molecule has 1 atom stereocenters. The van der Waals surface area contributed by atoms with Crippen LogP contribution in [0.2, 0.25) is 0 Å². The van der Waals surface area contributed by atoms with E-state index in [1.807, 2.05) is 0 Å². The van der Waals surface area contributed by atoms with E-state index in [9.17, 15) is 13.5 Å². The first-order valence-electron chi connectivity index (χ1n) is 5.47. The zero-order chi connectivity index (χ0) is 13.2. The number of rotatable bonds is 3. The monoisotopic (exact) mass is 273 g/mol. The third-order valence-corrected chi connectivity index (χ3v) is 4.69. The zero-order valence-electron chi connectivity index (χ0n) is 9.69. The molecule has 1 aliphatic heterocycles. The number of hydrogen-bond acceptors (Lipinski definition) is 6. The average molecular weight is 273 g/mol. The molecule has 0 bridgehead atoms. The molecular weight excluding hydrogens is 258 g/mol. The summed E-state index contributed by atoms with van der Waals surface area (Å²) in [6, 6.07) is 2.28. The lowest BCUT2D eigenvalue weighted by atomic mass is 10.3. The van der Waals surface area contributed by atoms with E-state index in [0.29, 0.717) is 6.61 Å². The molecular formula is C10H15N3O4S. The molecule has 0 amide bonds. The summed E-state index contributed by atoms with van der Waals surface area (Å²) in [6.07, 6.45) is 1.22. The molecule has 8 heteroatoms. The van der Waals surface area contributed by atoms with Gasteiger partial charge in [0.2, 0.25) is 10.0 Å². The number of nitrogens with zero attached hydrogens (tertiary/aromatic N) is 2. The van der Waals surface area contributed by atoms with E-state index < -0.39 is 16.1 Å². The molecule has 2 heterocycles. The van der Waals surface area contributed by atoms with E-state index in [2.05, 4.69) is 4.98 Å². The lowest BCUT2D eigenvalue weighted by molar-refractivity contribution is 0.0109. The van der Waals surface area contributed by atoms with Crippen LogP contribution in [0.1, 0.15) is 0 Å². The Hall–Kier alpha value is -1.22. The van der Waals surface area contributed by atoms with Crippen LogP contribution in [0.25, 0.3) is 0 Å². The van der Waals surface area contributed by atoms with Gasteiger partial charge in [0.05, 0.1) is 25.9 Å². The topological polar surface area (TPSA) is 106 Å². The second-order valence-corrected chi connectivity index (χ2v) is 5.84. The molecule has 1 fully saturated rings. The first-order chi connectivity index (χ1) is 8.55. The number of nitrogens with two attached hydrogens (primary N) is 1. The first-order valence-corrected chi connectivity index (χ1v) is 6.91. The minimum Gasteiger partial charge on any atom is -0.395 e. The van der Waals surface area contributed by atoms with Crippen molar-refractivity contribution in [2.75, 3.05) is 32.1 Å². The van der Waals surface area contributed by atoms with Crippen LogP contribution in [0.5, 0.6) is 0 Å². The molecule has 1 aliphatic rings. The maximum atomic E-state index is 12.3. The van der Waals surface area contributed by atoms with Gasteiger partial charge in [-0.3, -0.25) is 0 Å². The summed E-state index contributed by atoms with van der Waals surface area (Å²) < 4.78 is 31.1. The van der Waals surface area contributed by atoms with Gasteiger partial charge in [0.15, 0.2) is 0 Å². The third-order valence-electron chi connectivity index (χ3n) is 2.75. The predicted octanol–water partition coefficient (Wildman–Crippen LogP) is -0.954. The Morgan fingerprint density at radius 3 is 2.94 bits per heavy atom. The van der Waals surface area contributed by atoms with Crippen molar-refractivity contribution in [2.45, 2.75) is 10.9 Å². The van der Waals surface area contributed by atoms with Gasteiger partial charge in [-0.1, -0.05) is 0 Å². The van der Waals surface area contributed by atoms with E-state index in [0.717, 1.165) is 0 Å². The minimum atomic E-state index is -3.66. The highest BCUT2D eigenvalue weighted by Crippen LogP contribution is 2.20. The molecule has 0 saturated carbocycles. The van der Waals surface area contributed by atoms with Crippen molar-refractivity contribution in [3.63, 3.8) is 0 Å². The molecule has 0 spiro atoms. The van der Waals surface area contributed by atoms with E-state index in [4.69, 9.17) is 10.5 Å². The lowest BCUT2D eigenvalue weighted by Gasteiger charge is -2.33. The van der Waals surface area contributed by atoms with Gasteiger partial charge in [-0.05, 0) is 12.1 Å². The van der Waals surface area contributed by atoms with Crippen LogP contribution < -0.4 is 5.73 Å². The quantitative estimate of drug-likeness (QED) is 0.735. The van der Waals surface area contributed by atoms with Crippen molar-refractivity contribution >= 4 is 15.8 Å². The Morgan fingerprint density at radius 1 is 1.56 bits per heavy atom. The standard InChI is InChI=1S/C10H15N3O4S/c11-10-2-1-9(5-12-10)18(15,16)13-3-4-17-7-8(13)6-14/h1-2,5,8,14H,3-4,6-7H2,(H2,11,12). The molecule has 1 aromatic heterocycles. The van der Waals surface area contributed by atoms with Crippen molar-refractivity contribution in [3.8, 4) is 0 Å². The number of aliphatic hydroxyl groups is 1. The molecule has 0 aliphatic carbocycles. The molecule has 0 aromatic carbocycles. The zero-order valence-corrected chi connectivity index (χ0v) is 10.5. The van der Waals surface area contributed by atoms with Gasteiger partial charge in [-0.15, -0.1) is 0 Å². The SMILES string of the molecule is Nc1ccc(S(=O)(=O)N2CCOCC2CO)cn1. The number of pyridine rings is 1. The number of morpholine rings is 1. The largest absolute Gasteiger partial charge is 0.395 e. The van der Waals surface area contributed by atoms with E-state index in [1.54, 1.807) is 0 Å². The number of sulfonamides is 1. The summed E-state index contributed by atoms with van der Waals surface area (Å²) in [6.45, 7) is 0.454. The fourth-order valence-electron chi connectivity index (χ4n) is 1.78. The first kappa shape index (κ1) is 13.2. The van der Waals surface area contributed by atoms with Crippen LogP contribution in [0.4, 0.5) is 5.82 Å². The number of ether oxygens (including phenoxy) is 1. The van der Waals surface area contributed by atoms with Gasteiger partial charge < -0.3 is 15.6 Å². The Bertz CT molecular complexity index is 502. The van der Waals surface area contributed by atoms with Crippen molar-refractivity contribution in [3.05, 3.63) is 18.3 Å². The van der Waals surface area contributed by atoms with Crippen LogP contribution in [0.15, 0.2) is 23.2 Å². The summed E-state index contributed by atoms with van der Waals surface area (Å²) in [5, 5.41) is 9.19. The minimum absolute atomic E-state index is 0.0667. The lowest BCUT2D eigenvalue weighted by Crippen LogP contribution is -2.50. The van der Waals surface area contributed by atoms with E-state index in [1.165, 1.54) is 22.6 Å². The molecule has 1 saturated heterocycles. The summed E-state index contributed by atoms with van der Waals surface area (Å²) in [4.78, 5) is 3.84. The van der Waals surface area contributed by atoms with Gasteiger partial charge in [0.25, 0.3) is 0 Å². The van der Waals surface area contributed by atoms with Gasteiger partial charge in [0.1, 0.15) is 10.7 Å². The van der Waals surface area contributed by atoms with Gasteiger partial charge in [0, 0.05) is 12.7 Å². The summed E-state index contributed by atoms with van der Waals surface area (Å²) in [5.41, 5.74) is 5.42. The van der Waals surface area contributed by atoms with Crippen molar-refractivity contribution < 1.29 is 18.3 Å². The molecule has 100 valence electrons. The molecule has 0 radical (unpaired) electrons. The maximum Gasteiger partial charge on any atom is 0.245 e. The highest BCUT2D eigenvalue weighted by molar-refractivity contribution is 7.89. The molecule has 7 nitrogen and oxygen atoms in total. The fourth-order valence-corrected chi connectivity index (χ4v) is 3.31. The molecule has 1 aromatic rings. The van der Waals surface area contributed by atoms with Crippen LogP contribution in [-0.4, -0.2) is 55.2 Å². The Balaban J connectivity index is 2.32. The maximum absolute atomic E-state index is 12.3. The van der Waals surface area contributed by atoms with E-state index in [-0.39, 0.29) is 30.5 Å². The highest BCUT2D eigenvalue weighted by atomic mass is 32.2. The molecule has 18 heavy (non-hydrogen) atoms. The van der Waals surface area contributed by atoms with Crippen LogP contribution >= 0.6 is 0 Å². The normalized spacial score (nSPS) is 21.9. The summed E-state index contributed by atoms with van der Waals surface area (Å²) in [5.74, 6) is 0.259. The van der Waals surface area contributed by atoms with Gasteiger partial charge in [-0.2, -0.15) is 4.31 Å². The number of hydrogen-bond donors (Lipinski definition) is 2. The van der Waals surface area contributed by atoms with Crippen LogP contribution in [-0.2, 0) is 14.8 Å². The van der Waals surface area contributed by atoms with Crippen LogP contribution in [0, 0.1) is 0 Å². The van der Waals surface area contributed by atoms with Crippen molar-refractivity contribution in [2.24, 2.45) is 0 Å². The average Bonchev–Trinajstić information content (AvgIpc) is 2.39. The highest BCUT2D eigenvalue weighted by Gasteiger charge is 2.33. The van der Waals surface area contributed by atoms with Crippen molar-refractivity contribution in [1.29, 1.82) is 0 Å². The summed E-state index contributed by atoms with van der Waals surface area (Å²) >= 11 is 0. The van der Waals surface area contributed by atoms with Crippen molar-refractivity contribution in [1.82, 2.24) is 9.29 Å². The molecule has 2 rings (SSSR count). The molecule has 3 N–H and O–H groups in total. The Kier molecular flexibility index (Phi) is 3.81. The Morgan fingerprint density at radius 2 is 2.33 bits per heavy atom. The number of anilines is 1. The second-order valence-electron chi connectivity index (χ2n) is 3.95. The fraction of sp³-hybridized carbons (Fsp3) is 0.500. The van der Waals surface area contributed by atoms with Crippen LogP contribution in [0.3, 0.4) is 0 Å². The number of aromatic nitrogens is 1. The second kappa shape index (κ2) is 5.19. The van der Waals surface area contributed by atoms with E-state index >= 15 is 0 Å².